The van der Waals surface area contributed by atoms with Crippen LogP contribution in [0.15, 0.2) is 28.8 Å². The van der Waals surface area contributed by atoms with Crippen LogP contribution in [-0.4, -0.2) is 29.8 Å². The van der Waals surface area contributed by atoms with Crippen molar-refractivity contribution >= 4 is 0 Å². The highest BCUT2D eigenvalue weighted by molar-refractivity contribution is 5.40. The predicted octanol–water partition coefficient (Wildman–Crippen LogP) is 2.70. The third-order valence-corrected chi connectivity index (χ3v) is 4.32. The van der Waals surface area contributed by atoms with Gasteiger partial charge in [-0.15, -0.1) is 0 Å². The van der Waals surface area contributed by atoms with Gasteiger partial charge in [0.2, 0.25) is 5.89 Å². The van der Waals surface area contributed by atoms with E-state index in [2.05, 4.69) is 35.4 Å². The highest BCUT2D eigenvalue weighted by Gasteiger charge is 2.28. The molecule has 0 fully saturated rings. The summed E-state index contributed by atoms with van der Waals surface area (Å²) in [6.07, 6.45) is 0.881. The first kappa shape index (κ1) is 14.1. The zero-order valence-electron chi connectivity index (χ0n) is 12.7. The summed E-state index contributed by atoms with van der Waals surface area (Å²) in [6.45, 7) is 4.89. The van der Waals surface area contributed by atoms with Gasteiger partial charge in [-0.1, -0.05) is 30.3 Å². The van der Waals surface area contributed by atoms with E-state index in [0.29, 0.717) is 18.5 Å². The molecule has 0 saturated heterocycles. The number of fused-ring (bicyclic) bond motifs is 1. The van der Waals surface area contributed by atoms with E-state index < -0.39 is 0 Å². The van der Waals surface area contributed by atoms with Gasteiger partial charge in [0.15, 0.2) is 5.82 Å². The number of nitrogens with one attached hydrogen (secondary N) is 1. The summed E-state index contributed by atoms with van der Waals surface area (Å²) in [5.41, 5.74) is 1.14. The third kappa shape index (κ3) is 2.65. The van der Waals surface area contributed by atoms with E-state index >= 15 is 0 Å². The molecule has 0 amide bonds. The summed E-state index contributed by atoms with van der Waals surface area (Å²) in [6, 6.07) is 8.37. The normalized spacial score (nSPS) is 20.4. The molecule has 1 aliphatic rings. The van der Waals surface area contributed by atoms with Crippen molar-refractivity contribution in [3.05, 3.63) is 41.5 Å². The van der Waals surface area contributed by atoms with Crippen molar-refractivity contribution in [1.29, 1.82) is 0 Å². The number of likely N-dealkylation sites (N-methyl/N-ethyl adjacent to an activating group) is 1. The van der Waals surface area contributed by atoms with Gasteiger partial charge in [0.1, 0.15) is 5.75 Å². The van der Waals surface area contributed by atoms with Crippen molar-refractivity contribution in [3.8, 4) is 5.75 Å². The molecule has 112 valence electrons. The zero-order valence-corrected chi connectivity index (χ0v) is 12.7. The Balaban J connectivity index is 1.88. The van der Waals surface area contributed by atoms with Gasteiger partial charge in [0.05, 0.1) is 18.4 Å². The molecule has 0 radical (unpaired) electrons. The average Bonchev–Trinajstić information content (AvgIpc) is 3.02. The second-order valence-electron chi connectivity index (χ2n) is 5.58. The molecule has 1 aliphatic heterocycles. The Morgan fingerprint density at radius 1 is 1.29 bits per heavy atom. The maximum Gasteiger partial charge on any atom is 0.231 e. The van der Waals surface area contributed by atoms with Crippen LogP contribution in [0.5, 0.6) is 5.75 Å². The fraction of sp³-hybridized carbons (Fsp3) is 0.500. The molecule has 1 aromatic heterocycles. The Bertz CT molecular complexity index is 611. The molecule has 3 unspecified atom stereocenters. The molecule has 3 rings (SSSR count). The summed E-state index contributed by atoms with van der Waals surface area (Å²) < 4.78 is 11.2. The minimum Gasteiger partial charge on any atom is -0.493 e. The summed E-state index contributed by atoms with van der Waals surface area (Å²) in [7, 11) is 1.94. The van der Waals surface area contributed by atoms with Gasteiger partial charge in [-0.25, -0.2) is 0 Å². The number of benzene rings is 1. The van der Waals surface area contributed by atoms with Crippen LogP contribution in [0.1, 0.15) is 49.4 Å². The van der Waals surface area contributed by atoms with Crippen molar-refractivity contribution in [2.75, 3.05) is 13.7 Å². The third-order valence-electron chi connectivity index (χ3n) is 4.32. The van der Waals surface area contributed by atoms with Crippen LogP contribution in [0.3, 0.4) is 0 Å². The zero-order chi connectivity index (χ0) is 14.8. The van der Waals surface area contributed by atoms with Gasteiger partial charge in [-0.3, -0.25) is 0 Å². The number of hydrogen-bond acceptors (Lipinski definition) is 5. The topological polar surface area (TPSA) is 60.2 Å². The van der Waals surface area contributed by atoms with Crippen molar-refractivity contribution in [1.82, 2.24) is 15.5 Å². The van der Waals surface area contributed by atoms with Crippen LogP contribution in [0.2, 0.25) is 0 Å². The number of para-hydroxylation sites is 1. The molecule has 0 saturated carbocycles. The first-order valence-electron chi connectivity index (χ1n) is 7.43. The maximum atomic E-state index is 5.69. The molecular formula is C16H21N3O2. The fourth-order valence-corrected chi connectivity index (χ4v) is 2.65. The number of nitrogens with zero attached hydrogens (tertiary/aromatic N) is 2. The number of ether oxygens (including phenoxy) is 1. The molecule has 2 aromatic rings. The molecule has 0 aliphatic carbocycles. The van der Waals surface area contributed by atoms with Crippen molar-refractivity contribution in [2.45, 2.75) is 38.1 Å². The molecule has 1 N–H and O–H groups in total. The minimum atomic E-state index is 0.157. The van der Waals surface area contributed by atoms with Crippen molar-refractivity contribution < 1.29 is 9.26 Å². The second-order valence-corrected chi connectivity index (χ2v) is 5.58. The smallest absolute Gasteiger partial charge is 0.231 e. The first-order chi connectivity index (χ1) is 10.2. The van der Waals surface area contributed by atoms with E-state index in [-0.39, 0.29) is 11.8 Å². The largest absolute Gasteiger partial charge is 0.493 e. The summed E-state index contributed by atoms with van der Waals surface area (Å²) >= 11 is 0. The van der Waals surface area contributed by atoms with Crippen LogP contribution >= 0.6 is 0 Å². The summed E-state index contributed by atoms with van der Waals surface area (Å²) in [4.78, 5) is 4.63. The number of rotatable bonds is 4. The molecule has 1 aromatic carbocycles. The van der Waals surface area contributed by atoms with Crippen LogP contribution in [0.25, 0.3) is 0 Å². The summed E-state index contributed by atoms with van der Waals surface area (Å²) in [5.74, 6) is 2.72. The van der Waals surface area contributed by atoms with Gasteiger partial charge in [-0.05, 0) is 26.5 Å². The molecule has 5 heteroatoms. The van der Waals surface area contributed by atoms with E-state index in [1.807, 2.05) is 25.2 Å². The Morgan fingerprint density at radius 2 is 2.10 bits per heavy atom. The summed E-state index contributed by atoms with van der Waals surface area (Å²) in [5, 5.41) is 7.43. The van der Waals surface area contributed by atoms with Crippen molar-refractivity contribution in [2.24, 2.45) is 0 Å². The molecule has 0 spiro atoms. The average molecular weight is 287 g/mol. The molecular weight excluding hydrogens is 266 g/mol. The molecule has 21 heavy (non-hydrogen) atoms. The highest BCUT2D eigenvalue weighted by atomic mass is 16.5. The van der Waals surface area contributed by atoms with Crippen molar-refractivity contribution in [3.63, 3.8) is 0 Å². The van der Waals surface area contributed by atoms with E-state index in [1.165, 1.54) is 0 Å². The van der Waals surface area contributed by atoms with Gasteiger partial charge < -0.3 is 14.6 Å². The highest BCUT2D eigenvalue weighted by Crippen LogP contribution is 2.37. The quantitative estimate of drug-likeness (QED) is 0.937. The fourth-order valence-electron chi connectivity index (χ4n) is 2.65. The Kier molecular flexibility index (Phi) is 3.92. The predicted molar refractivity (Wildman–Crippen MR) is 79.6 cm³/mol. The molecule has 3 atom stereocenters. The van der Waals surface area contributed by atoms with Crippen LogP contribution in [-0.2, 0) is 0 Å². The van der Waals surface area contributed by atoms with Crippen LogP contribution in [0, 0.1) is 0 Å². The van der Waals surface area contributed by atoms with Gasteiger partial charge in [-0.2, -0.15) is 4.98 Å². The lowest BCUT2D eigenvalue weighted by atomic mass is 9.92. The lowest BCUT2D eigenvalue weighted by molar-refractivity contribution is 0.271. The lowest BCUT2D eigenvalue weighted by Gasteiger charge is -2.23. The monoisotopic (exact) mass is 287 g/mol. The van der Waals surface area contributed by atoms with E-state index in [0.717, 1.165) is 23.6 Å². The Labute approximate surface area is 124 Å². The molecule has 0 bridgehead atoms. The van der Waals surface area contributed by atoms with E-state index in [1.54, 1.807) is 0 Å². The van der Waals surface area contributed by atoms with E-state index in [9.17, 15) is 0 Å². The standard InChI is InChI=1S/C16H21N3O2/c1-10(11(2)17-3)16-18-15(19-21-16)13-8-9-20-14-7-5-4-6-12(13)14/h4-7,10-11,13,17H,8-9H2,1-3H3. The number of aromatic nitrogens is 2. The first-order valence-corrected chi connectivity index (χ1v) is 7.43. The van der Waals surface area contributed by atoms with Crippen LogP contribution in [0.4, 0.5) is 0 Å². The van der Waals surface area contributed by atoms with Gasteiger partial charge in [0, 0.05) is 11.6 Å². The molecule has 2 heterocycles. The SMILES string of the molecule is CNC(C)C(C)c1nc(C2CCOc3ccccc32)no1. The van der Waals surface area contributed by atoms with Gasteiger partial charge in [0.25, 0.3) is 0 Å². The Hall–Kier alpha value is -1.88. The van der Waals surface area contributed by atoms with Gasteiger partial charge >= 0.3 is 0 Å². The van der Waals surface area contributed by atoms with Crippen LogP contribution < -0.4 is 10.1 Å². The maximum absolute atomic E-state index is 5.69. The Morgan fingerprint density at radius 3 is 2.90 bits per heavy atom. The second kappa shape index (κ2) is 5.85. The lowest BCUT2D eigenvalue weighted by Crippen LogP contribution is -2.27. The number of hydrogen-bond donors (Lipinski definition) is 1. The van der Waals surface area contributed by atoms with E-state index in [4.69, 9.17) is 9.26 Å². The minimum absolute atomic E-state index is 0.157. The molecule has 5 nitrogen and oxygen atoms in total.